The van der Waals surface area contributed by atoms with E-state index in [9.17, 15) is 24.3 Å². The lowest BCUT2D eigenvalue weighted by Gasteiger charge is -2.33. The number of thioether (sulfide) groups is 1. The van der Waals surface area contributed by atoms with Crippen LogP contribution >= 0.6 is 11.8 Å². The molecule has 0 spiro atoms. The van der Waals surface area contributed by atoms with Crippen LogP contribution in [0.25, 0.3) is 0 Å². The molecule has 2 fully saturated rings. The molecule has 0 aromatic rings. The summed E-state index contributed by atoms with van der Waals surface area (Å²) in [6.45, 7) is 4.48. The monoisotopic (exact) mass is 442 g/mol. The first-order valence-electron chi connectivity index (χ1n) is 10.6. The van der Waals surface area contributed by atoms with Crippen LogP contribution in [0.3, 0.4) is 0 Å². The summed E-state index contributed by atoms with van der Waals surface area (Å²) in [6, 6.07) is -2.98. The van der Waals surface area contributed by atoms with E-state index >= 15 is 0 Å². The maximum absolute atomic E-state index is 13.3. The minimum absolute atomic E-state index is 0.177. The molecule has 10 heteroatoms. The van der Waals surface area contributed by atoms with Crippen molar-refractivity contribution in [2.75, 3.05) is 25.1 Å². The van der Waals surface area contributed by atoms with E-state index in [2.05, 4.69) is 5.32 Å². The molecule has 4 unspecified atom stereocenters. The minimum Gasteiger partial charge on any atom is -0.480 e. The highest BCUT2D eigenvalue weighted by molar-refractivity contribution is 7.98. The van der Waals surface area contributed by atoms with Gasteiger partial charge in [-0.25, -0.2) is 4.79 Å². The van der Waals surface area contributed by atoms with Crippen LogP contribution in [0.1, 0.15) is 46.0 Å². The second-order valence-electron chi connectivity index (χ2n) is 8.34. The summed E-state index contributed by atoms with van der Waals surface area (Å²) in [5, 5.41) is 12.2. The molecule has 9 nitrogen and oxygen atoms in total. The van der Waals surface area contributed by atoms with Crippen LogP contribution in [0.15, 0.2) is 0 Å². The molecule has 0 radical (unpaired) electrons. The summed E-state index contributed by atoms with van der Waals surface area (Å²) >= 11 is 1.60. The number of hydrogen-bond donors (Lipinski definition) is 3. The third-order valence-corrected chi connectivity index (χ3v) is 6.49. The number of nitrogens with two attached hydrogens (primary N) is 1. The smallest absolute Gasteiger partial charge is 0.326 e. The second kappa shape index (κ2) is 11.0. The summed E-state index contributed by atoms with van der Waals surface area (Å²) in [7, 11) is 0. The Labute approximate surface area is 182 Å². The zero-order valence-corrected chi connectivity index (χ0v) is 18.8. The van der Waals surface area contributed by atoms with Gasteiger partial charge in [-0.05, 0) is 50.0 Å². The van der Waals surface area contributed by atoms with Gasteiger partial charge in [0.25, 0.3) is 0 Å². The highest BCUT2D eigenvalue weighted by Crippen LogP contribution is 2.26. The fraction of sp³-hybridized carbons (Fsp3) is 0.800. The van der Waals surface area contributed by atoms with Gasteiger partial charge in [0.05, 0.1) is 6.04 Å². The molecular formula is C20H34N4O5S. The summed E-state index contributed by atoms with van der Waals surface area (Å²) in [5.41, 5.74) is 5.94. The minimum atomic E-state index is -1.01. The average molecular weight is 443 g/mol. The highest BCUT2D eigenvalue weighted by atomic mass is 32.2. The van der Waals surface area contributed by atoms with E-state index in [0.717, 1.165) is 5.75 Å². The van der Waals surface area contributed by atoms with E-state index in [1.165, 1.54) is 9.80 Å². The van der Waals surface area contributed by atoms with Crippen LogP contribution in [0.4, 0.5) is 0 Å². The van der Waals surface area contributed by atoms with Gasteiger partial charge in [0.15, 0.2) is 0 Å². The van der Waals surface area contributed by atoms with E-state index in [-0.39, 0.29) is 23.6 Å². The van der Waals surface area contributed by atoms with E-state index < -0.39 is 30.1 Å². The molecule has 0 saturated carbocycles. The number of carboxylic acids is 1. The van der Waals surface area contributed by atoms with Crippen molar-refractivity contribution >= 4 is 35.5 Å². The molecule has 2 heterocycles. The highest BCUT2D eigenvalue weighted by Gasteiger charge is 2.44. The van der Waals surface area contributed by atoms with Crippen molar-refractivity contribution in [3.05, 3.63) is 0 Å². The maximum atomic E-state index is 13.3. The largest absolute Gasteiger partial charge is 0.480 e. The van der Waals surface area contributed by atoms with Gasteiger partial charge in [0.2, 0.25) is 17.7 Å². The van der Waals surface area contributed by atoms with Gasteiger partial charge >= 0.3 is 5.97 Å². The Morgan fingerprint density at radius 3 is 2.27 bits per heavy atom. The molecule has 0 aromatic heterocycles. The lowest BCUT2D eigenvalue weighted by atomic mass is 10.0. The van der Waals surface area contributed by atoms with E-state index in [1.54, 1.807) is 11.8 Å². The van der Waals surface area contributed by atoms with E-state index in [1.807, 2.05) is 20.1 Å². The lowest BCUT2D eigenvalue weighted by Crippen LogP contribution is -2.58. The van der Waals surface area contributed by atoms with Gasteiger partial charge in [-0.15, -0.1) is 0 Å². The van der Waals surface area contributed by atoms with E-state index in [4.69, 9.17) is 5.73 Å². The van der Waals surface area contributed by atoms with Gasteiger partial charge in [0.1, 0.15) is 18.1 Å². The van der Waals surface area contributed by atoms with Gasteiger partial charge in [-0.3, -0.25) is 14.4 Å². The van der Waals surface area contributed by atoms with Crippen LogP contribution in [0, 0.1) is 5.92 Å². The summed E-state index contributed by atoms with van der Waals surface area (Å²) < 4.78 is 0. The molecule has 0 bridgehead atoms. The number of likely N-dealkylation sites (tertiary alicyclic amines) is 2. The fourth-order valence-electron chi connectivity index (χ4n) is 4.09. The van der Waals surface area contributed by atoms with Crippen LogP contribution in [-0.2, 0) is 19.2 Å². The molecule has 4 N–H and O–H groups in total. The molecule has 2 saturated heterocycles. The molecule has 0 aliphatic carbocycles. The summed E-state index contributed by atoms with van der Waals surface area (Å²) in [4.78, 5) is 53.2. The zero-order chi connectivity index (χ0) is 22.4. The van der Waals surface area contributed by atoms with Crippen LogP contribution in [0.5, 0.6) is 0 Å². The molecular weight excluding hydrogens is 408 g/mol. The topological polar surface area (TPSA) is 133 Å². The Morgan fingerprint density at radius 2 is 1.70 bits per heavy atom. The van der Waals surface area contributed by atoms with Crippen molar-refractivity contribution in [3.8, 4) is 0 Å². The Hall–Kier alpha value is -1.81. The molecule has 3 amide bonds. The van der Waals surface area contributed by atoms with Crippen LogP contribution < -0.4 is 11.1 Å². The van der Waals surface area contributed by atoms with Crippen molar-refractivity contribution in [1.29, 1.82) is 0 Å². The molecule has 2 aliphatic heterocycles. The first-order valence-corrected chi connectivity index (χ1v) is 12.0. The zero-order valence-electron chi connectivity index (χ0n) is 18.0. The Kier molecular flexibility index (Phi) is 8.96. The van der Waals surface area contributed by atoms with Crippen molar-refractivity contribution < 1.29 is 24.3 Å². The Balaban J connectivity index is 2.10. The van der Waals surface area contributed by atoms with E-state index in [0.29, 0.717) is 45.2 Å². The van der Waals surface area contributed by atoms with Crippen LogP contribution in [0.2, 0.25) is 0 Å². The fourth-order valence-corrected chi connectivity index (χ4v) is 4.58. The van der Waals surface area contributed by atoms with Gasteiger partial charge in [0, 0.05) is 13.1 Å². The number of aliphatic carboxylic acids is 1. The van der Waals surface area contributed by atoms with Gasteiger partial charge in [-0.2, -0.15) is 11.8 Å². The average Bonchev–Trinajstić information content (AvgIpc) is 3.38. The normalized spacial score (nSPS) is 23.5. The predicted molar refractivity (Wildman–Crippen MR) is 115 cm³/mol. The van der Waals surface area contributed by atoms with Crippen molar-refractivity contribution in [3.63, 3.8) is 0 Å². The maximum Gasteiger partial charge on any atom is 0.326 e. The molecule has 30 heavy (non-hydrogen) atoms. The quantitative estimate of drug-likeness (QED) is 0.467. The molecule has 170 valence electrons. The third-order valence-electron chi connectivity index (χ3n) is 5.84. The number of rotatable bonds is 9. The number of amides is 3. The summed E-state index contributed by atoms with van der Waals surface area (Å²) in [6.07, 6.45) is 4.69. The third kappa shape index (κ3) is 5.66. The van der Waals surface area contributed by atoms with Crippen molar-refractivity contribution in [1.82, 2.24) is 15.1 Å². The first-order chi connectivity index (χ1) is 14.2. The summed E-state index contributed by atoms with van der Waals surface area (Å²) in [5.74, 6) is -1.43. The Morgan fingerprint density at radius 1 is 1.10 bits per heavy atom. The number of carbonyl (C=O) groups is 4. The van der Waals surface area contributed by atoms with Crippen molar-refractivity contribution in [2.45, 2.75) is 70.1 Å². The number of nitrogens with one attached hydrogen (secondary N) is 1. The molecule has 0 aromatic carbocycles. The molecule has 4 atom stereocenters. The van der Waals surface area contributed by atoms with Gasteiger partial charge < -0.3 is 26.0 Å². The Bertz CT molecular complexity index is 659. The lowest BCUT2D eigenvalue weighted by molar-refractivity contribution is -0.152. The SMILES string of the molecule is CSCCC(N)C(=O)NC(C(=O)N1CCCC1C(=O)N1CCCC1C(=O)O)C(C)C. The second-order valence-corrected chi connectivity index (χ2v) is 9.32. The standard InChI is InChI=1S/C20H34N4O5S/c1-12(2)16(22-17(25)13(21)8-11-30-3)19(27)23-9-4-6-14(23)18(26)24-10-5-7-15(24)20(28)29/h12-16H,4-11,21H2,1-3H3,(H,22,25)(H,28,29). The number of hydrogen-bond acceptors (Lipinski definition) is 6. The molecule has 2 aliphatic rings. The number of carbonyl (C=O) groups excluding carboxylic acids is 3. The number of carboxylic acid groups (broad SMARTS) is 1. The molecule has 2 rings (SSSR count). The van der Waals surface area contributed by atoms with Crippen molar-refractivity contribution in [2.24, 2.45) is 11.7 Å². The number of nitrogens with zero attached hydrogens (tertiary/aromatic N) is 2. The van der Waals surface area contributed by atoms with Gasteiger partial charge in [-0.1, -0.05) is 13.8 Å². The van der Waals surface area contributed by atoms with Crippen LogP contribution in [-0.4, -0.2) is 87.9 Å². The predicted octanol–water partition coefficient (Wildman–Crippen LogP) is 0.274. The first kappa shape index (κ1) is 24.5.